The van der Waals surface area contributed by atoms with E-state index in [-0.39, 0.29) is 17.5 Å². The van der Waals surface area contributed by atoms with Crippen molar-refractivity contribution in [3.63, 3.8) is 0 Å². The zero-order valence-corrected chi connectivity index (χ0v) is 14.5. The van der Waals surface area contributed by atoms with Gasteiger partial charge in [-0.1, -0.05) is 12.1 Å². The van der Waals surface area contributed by atoms with Crippen LogP contribution < -0.4 is 10.6 Å². The van der Waals surface area contributed by atoms with E-state index in [0.29, 0.717) is 11.3 Å². The predicted octanol–water partition coefficient (Wildman–Crippen LogP) is 2.47. The zero-order chi connectivity index (χ0) is 18.1. The summed E-state index contributed by atoms with van der Waals surface area (Å²) in [5.74, 6) is -1.23. The summed E-state index contributed by atoms with van der Waals surface area (Å²) in [6.45, 7) is 8.47. The van der Waals surface area contributed by atoms with Gasteiger partial charge in [0.15, 0.2) is 0 Å². The zero-order valence-electron chi connectivity index (χ0n) is 14.5. The lowest BCUT2D eigenvalue weighted by Gasteiger charge is -2.18. The molecule has 1 aromatic rings. The van der Waals surface area contributed by atoms with Crippen molar-refractivity contribution >= 4 is 23.5 Å². The van der Waals surface area contributed by atoms with Gasteiger partial charge in [0.2, 0.25) is 5.91 Å². The Kier molecular flexibility index (Phi) is 4.78. The molecule has 0 unspecified atom stereocenters. The van der Waals surface area contributed by atoms with E-state index in [1.807, 2.05) is 13.0 Å². The maximum Gasteiger partial charge on any atom is 0.344 e. The van der Waals surface area contributed by atoms with Gasteiger partial charge in [0, 0.05) is 12.6 Å². The number of ether oxygens (including phenoxy) is 1. The third-order valence-corrected chi connectivity index (χ3v) is 4.11. The van der Waals surface area contributed by atoms with Crippen LogP contribution >= 0.6 is 0 Å². The lowest BCUT2D eigenvalue weighted by Crippen LogP contribution is -2.30. The minimum absolute atomic E-state index is 0.0601. The minimum atomic E-state index is -0.766. The molecular formula is C18H22N2O4. The van der Waals surface area contributed by atoms with Crippen LogP contribution in [0, 0.1) is 0 Å². The fourth-order valence-corrected chi connectivity index (χ4v) is 2.52. The van der Waals surface area contributed by atoms with Crippen LogP contribution in [0.25, 0.3) is 0 Å². The van der Waals surface area contributed by atoms with Crippen molar-refractivity contribution < 1.29 is 19.1 Å². The molecule has 0 spiro atoms. The normalized spacial score (nSPS) is 17.3. The summed E-state index contributed by atoms with van der Waals surface area (Å²) in [4.78, 5) is 35.5. The van der Waals surface area contributed by atoms with E-state index < -0.39 is 17.5 Å². The second-order valence-corrected chi connectivity index (χ2v) is 6.40. The number of amides is 2. The average Bonchev–Trinajstić information content (AvgIpc) is 2.66. The highest BCUT2D eigenvalue weighted by molar-refractivity contribution is 6.18. The van der Waals surface area contributed by atoms with Crippen molar-refractivity contribution in [3.8, 4) is 0 Å². The molecule has 6 nitrogen and oxygen atoms in total. The van der Waals surface area contributed by atoms with Gasteiger partial charge in [-0.25, -0.2) is 4.79 Å². The highest BCUT2D eigenvalue weighted by Crippen LogP contribution is 2.32. The first-order valence-electron chi connectivity index (χ1n) is 7.75. The molecule has 0 radical (unpaired) electrons. The lowest BCUT2D eigenvalue weighted by atomic mass is 9.97. The quantitative estimate of drug-likeness (QED) is 0.656. The number of anilines is 1. The van der Waals surface area contributed by atoms with Crippen LogP contribution in [0.15, 0.2) is 35.4 Å². The Morgan fingerprint density at radius 1 is 1.25 bits per heavy atom. The topological polar surface area (TPSA) is 84.5 Å². The van der Waals surface area contributed by atoms with Crippen molar-refractivity contribution in [2.24, 2.45) is 0 Å². The molecule has 0 aromatic heterocycles. The standard InChI is InChI=1S/C18H22N2O4/c1-10-15(17(23)24-18(10,4)5)16(22)19-11(2)13-7-6-8-14(9-13)20-12(3)21/h6-9,11H,1-5H3,(H,19,22)(H,20,21)/t11-/m1/s1. The first-order chi connectivity index (χ1) is 11.1. The smallest absolute Gasteiger partial charge is 0.344 e. The summed E-state index contributed by atoms with van der Waals surface area (Å²) in [5.41, 5.74) is 1.38. The van der Waals surface area contributed by atoms with Crippen molar-refractivity contribution in [3.05, 3.63) is 41.0 Å². The van der Waals surface area contributed by atoms with E-state index in [9.17, 15) is 14.4 Å². The van der Waals surface area contributed by atoms with Crippen molar-refractivity contribution in [1.82, 2.24) is 5.32 Å². The summed E-state index contributed by atoms with van der Waals surface area (Å²) in [7, 11) is 0. The SMILES string of the molecule is CC(=O)Nc1cccc([C@@H](C)NC(=O)C2=C(C)C(C)(C)OC2=O)c1. The van der Waals surface area contributed by atoms with Gasteiger partial charge in [0.05, 0.1) is 6.04 Å². The van der Waals surface area contributed by atoms with Crippen molar-refractivity contribution in [2.75, 3.05) is 5.32 Å². The Hall–Kier alpha value is -2.63. The number of hydrogen-bond donors (Lipinski definition) is 2. The molecule has 2 amide bonds. The Balaban J connectivity index is 2.17. The van der Waals surface area contributed by atoms with Gasteiger partial charge in [0.25, 0.3) is 5.91 Å². The van der Waals surface area contributed by atoms with Gasteiger partial charge in [-0.3, -0.25) is 9.59 Å². The highest BCUT2D eigenvalue weighted by atomic mass is 16.6. The summed E-state index contributed by atoms with van der Waals surface area (Å²) >= 11 is 0. The molecule has 0 bridgehead atoms. The third-order valence-electron chi connectivity index (χ3n) is 4.11. The molecule has 2 N–H and O–H groups in total. The molecule has 0 saturated heterocycles. The van der Waals surface area contributed by atoms with Crippen LogP contribution in [0.4, 0.5) is 5.69 Å². The van der Waals surface area contributed by atoms with E-state index >= 15 is 0 Å². The second kappa shape index (κ2) is 6.47. The number of nitrogens with one attached hydrogen (secondary N) is 2. The molecule has 6 heteroatoms. The lowest BCUT2D eigenvalue weighted by molar-refractivity contribution is -0.145. The monoisotopic (exact) mass is 330 g/mol. The van der Waals surface area contributed by atoms with Gasteiger partial charge in [-0.15, -0.1) is 0 Å². The van der Waals surface area contributed by atoms with Crippen LogP contribution in [0.3, 0.4) is 0 Å². The molecular weight excluding hydrogens is 308 g/mol. The molecule has 2 rings (SSSR count). The van der Waals surface area contributed by atoms with Gasteiger partial charge in [0.1, 0.15) is 11.2 Å². The summed E-state index contributed by atoms with van der Waals surface area (Å²) in [6.07, 6.45) is 0. The van der Waals surface area contributed by atoms with E-state index in [4.69, 9.17) is 4.74 Å². The molecule has 0 saturated carbocycles. The number of carbonyl (C=O) groups is 3. The van der Waals surface area contributed by atoms with Crippen LogP contribution in [0.1, 0.15) is 46.2 Å². The summed E-state index contributed by atoms with van der Waals surface area (Å²) < 4.78 is 5.22. The minimum Gasteiger partial charge on any atom is -0.451 e. The van der Waals surface area contributed by atoms with Crippen molar-refractivity contribution in [1.29, 1.82) is 0 Å². The Bertz CT molecular complexity index is 734. The highest BCUT2D eigenvalue weighted by Gasteiger charge is 2.41. The Morgan fingerprint density at radius 2 is 1.92 bits per heavy atom. The number of esters is 1. The van der Waals surface area contributed by atoms with Gasteiger partial charge < -0.3 is 15.4 Å². The largest absolute Gasteiger partial charge is 0.451 e. The van der Waals surface area contributed by atoms with Crippen LogP contribution in [0.2, 0.25) is 0 Å². The molecule has 1 atom stereocenters. The molecule has 1 aliphatic rings. The van der Waals surface area contributed by atoms with Crippen LogP contribution in [-0.4, -0.2) is 23.4 Å². The Morgan fingerprint density at radius 3 is 2.46 bits per heavy atom. The molecule has 24 heavy (non-hydrogen) atoms. The van der Waals surface area contributed by atoms with Gasteiger partial charge in [-0.2, -0.15) is 0 Å². The molecule has 1 aromatic carbocycles. The van der Waals surface area contributed by atoms with Crippen molar-refractivity contribution in [2.45, 2.75) is 46.3 Å². The van der Waals surface area contributed by atoms with E-state index in [0.717, 1.165) is 5.56 Å². The maximum absolute atomic E-state index is 12.5. The molecule has 0 fully saturated rings. The first kappa shape index (κ1) is 17.7. The van der Waals surface area contributed by atoms with E-state index in [2.05, 4.69) is 10.6 Å². The molecule has 1 heterocycles. The number of benzene rings is 1. The molecule has 0 aliphatic carbocycles. The first-order valence-corrected chi connectivity index (χ1v) is 7.75. The Labute approximate surface area is 141 Å². The number of carbonyl (C=O) groups excluding carboxylic acids is 3. The van der Waals surface area contributed by atoms with E-state index in [1.165, 1.54) is 6.92 Å². The number of rotatable bonds is 4. The van der Waals surface area contributed by atoms with Gasteiger partial charge >= 0.3 is 5.97 Å². The van der Waals surface area contributed by atoms with Gasteiger partial charge in [-0.05, 0) is 51.0 Å². The second-order valence-electron chi connectivity index (χ2n) is 6.40. The molecule has 128 valence electrons. The molecule has 1 aliphatic heterocycles. The average molecular weight is 330 g/mol. The maximum atomic E-state index is 12.5. The van der Waals surface area contributed by atoms with Crippen LogP contribution in [0.5, 0.6) is 0 Å². The van der Waals surface area contributed by atoms with E-state index in [1.54, 1.807) is 39.0 Å². The fraction of sp³-hybridized carbons (Fsp3) is 0.389. The fourth-order valence-electron chi connectivity index (χ4n) is 2.52. The van der Waals surface area contributed by atoms with Crippen LogP contribution in [-0.2, 0) is 19.1 Å². The number of hydrogen-bond acceptors (Lipinski definition) is 4. The predicted molar refractivity (Wildman–Crippen MR) is 90.2 cm³/mol. The summed E-state index contributed by atoms with van der Waals surface area (Å²) in [5, 5.41) is 5.51. The summed E-state index contributed by atoms with van der Waals surface area (Å²) in [6, 6.07) is 6.85. The number of cyclic esters (lactones) is 1. The third kappa shape index (κ3) is 3.64.